The Balaban J connectivity index is 1.72. The molecule has 1 atom stereocenters. The van der Waals surface area contributed by atoms with Crippen LogP contribution in [-0.2, 0) is 14.3 Å². The van der Waals surface area contributed by atoms with E-state index in [4.69, 9.17) is 14.5 Å². The molecule has 9 heteroatoms. The predicted octanol–water partition coefficient (Wildman–Crippen LogP) is 5.07. The van der Waals surface area contributed by atoms with Crippen LogP contribution in [0, 0.1) is 0 Å². The molecule has 8 nitrogen and oxygen atoms in total. The molecule has 2 aliphatic heterocycles. The molecular formula is C29H34N4O4S. The maximum Gasteiger partial charge on any atom is 0.254 e. The summed E-state index contributed by atoms with van der Waals surface area (Å²) in [5.74, 6) is 1.22. The van der Waals surface area contributed by atoms with Crippen molar-refractivity contribution >= 4 is 28.7 Å². The minimum Gasteiger partial charge on any atom is -0.457 e. The highest BCUT2D eigenvalue weighted by molar-refractivity contribution is 8.16. The molecule has 1 N–H and O–H groups in total. The van der Waals surface area contributed by atoms with Crippen molar-refractivity contribution in [2.45, 2.75) is 33.2 Å². The number of carbonyl (C=O) groups is 2. The summed E-state index contributed by atoms with van der Waals surface area (Å²) in [4.78, 5) is 35.2. The van der Waals surface area contributed by atoms with Crippen molar-refractivity contribution in [2.75, 3.05) is 33.4 Å². The maximum atomic E-state index is 13.8. The average Bonchev–Trinajstić information content (AvgIpc) is 3.31. The molecule has 2 aromatic rings. The molecule has 2 aromatic carbocycles. The zero-order valence-electron chi connectivity index (χ0n) is 22.3. The van der Waals surface area contributed by atoms with E-state index in [1.165, 1.54) is 11.8 Å². The molecule has 38 heavy (non-hydrogen) atoms. The second-order valence-electron chi connectivity index (χ2n) is 8.88. The Bertz CT molecular complexity index is 1250. The fourth-order valence-electron chi connectivity index (χ4n) is 4.53. The van der Waals surface area contributed by atoms with Crippen molar-refractivity contribution in [3.05, 3.63) is 82.5 Å². The molecular weight excluding hydrogens is 500 g/mol. The van der Waals surface area contributed by atoms with E-state index in [-0.39, 0.29) is 18.2 Å². The van der Waals surface area contributed by atoms with Gasteiger partial charge >= 0.3 is 0 Å². The van der Waals surface area contributed by atoms with E-state index < -0.39 is 6.04 Å². The number of fused-ring (bicyclic) bond motifs is 1. The number of benzene rings is 2. The van der Waals surface area contributed by atoms with E-state index in [1.54, 1.807) is 12.0 Å². The minimum absolute atomic E-state index is 0.0597. The Morgan fingerprint density at radius 3 is 2.53 bits per heavy atom. The third-order valence-electron chi connectivity index (χ3n) is 6.40. The van der Waals surface area contributed by atoms with Gasteiger partial charge in [0.05, 0.1) is 30.3 Å². The molecule has 0 saturated carbocycles. The summed E-state index contributed by atoms with van der Waals surface area (Å²) in [5.41, 5.74) is 2.95. The van der Waals surface area contributed by atoms with Crippen LogP contribution in [0.1, 0.15) is 38.8 Å². The van der Waals surface area contributed by atoms with E-state index in [0.717, 1.165) is 22.2 Å². The first-order chi connectivity index (χ1) is 18.5. The molecule has 0 aromatic heterocycles. The number of methoxy groups -OCH3 is 1. The highest BCUT2D eigenvalue weighted by Crippen LogP contribution is 2.45. The van der Waals surface area contributed by atoms with Crippen molar-refractivity contribution in [1.82, 2.24) is 15.1 Å². The monoisotopic (exact) mass is 534 g/mol. The molecule has 2 heterocycles. The summed E-state index contributed by atoms with van der Waals surface area (Å²) in [6, 6.07) is 16.9. The van der Waals surface area contributed by atoms with Gasteiger partial charge in [0.2, 0.25) is 5.91 Å². The second-order valence-corrected chi connectivity index (χ2v) is 9.71. The SMILES string of the molecule is CCN(CC)C(=O)C1=C(C)N=C2SC=C(CC(=O)NCCOC)N2[C@H]1c1cccc(Oc2ccccc2)c1. The Morgan fingerprint density at radius 2 is 1.82 bits per heavy atom. The van der Waals surface area contributed by atoms with Gasteiger partial charge in [-0.3, -0.25) is 9.59 Å². The van der Waals surface area contributed by atoms with Gasteiger partial charge < -0.3 is 24.6 Å². The van der Waals surface area contributed by atoms with Crippen LogP contribution < -0.4 is 10.1 Å². The number of nitrogens with one attached hydrogen (secondary N) is 1. The zero-order chi connectivity index (χ0) is 27.1. The van der Waals surface area contributed by atoms with Gasteiger partial charge in [-0.15, -0.1) is 0 Å². The molecule has 200 valence electrons. The summed E-state index contributed by atoms with van der Waals surface area (Å²) in [5, 5.41) is 5.58. The molecule has 0 bridgehead atoms. The van der Waals surface area contributed by atoms with Gasteiger partial charge in [-0.2, -0.15) is 0 Å². The number of likely N-dealkylation sites (N-methyl/N-ethyl adjacent to an activating group) is 1. The quantitative estimate of drug-likeness (QED) is 0.405. The van der Waals surface area contributed by atoms with Gasteiger partial charge in [-0.25, -0.2) is 4.99 Å². The Labute approximate surface area is 228 Å². The van der Waals surface area contributed by atoms with Gasteiger partial charge in [0.1, 0.15) is 11.5 Å². The van der Waals surface area contributed by atoms with E-state index in [1.807, 2.05) is 85.7 Å². The first-order valence-corrected chi connectivity index (χ1v) is 13.7. The summed E-state index contributed by atoms with van der Waals surface area (Å²) >= 11 is 1.47. The minimum atomic E-state index is -0.456. The molecule has 0 radical (unpaired) electrons. The highest BCUT2D eigenvalue weighted by Gasteiger charge is 2.41. The third-order valence-corrected chi connectivity index (χ3v) is 7.29. The van der Waals surface area contributed by atoms with Gasteiger partial charge in [0, 0.05) is 32.4 Å². The molecule has 0 fully saturated rings. The topological polar surface area (TPSA) is 83.5 Å². The van der Waals surface area contributed by atoms with Crippen LogP contribution in [0.25, 0.3) is 0 Å². The van der Waals surface area contributed by atoms with Crippen LogP contribution in [0.3, 0.4) is 0 Å². The number of allylic oxidation sites excluding steroid dienone is 1. The molecule has 0 aliphatic carbocycles. The summed E-state index contributed by atoms with van der Waals surface area (Å²) in [6.45, 7) is 7.88. The lowest BCUT2D eigenvalue weighted by Crippen LogP contribution is -2.42. The first kappa shape index (κ1) is 27.5. The molecule has 2 aliphatic rings. The fraction of sp³-hybridized carbons (Fsp3) is 0.345. The van der Waals surface area contributed by atoms with Crippen LogP contribution in [0.4, 0.5) is 0 Å². The number of carbonyl (C=O) groups excluding carboxylic acids is 2. The number of para-hydroxylation sites is 1. The number of amides is 2. The van der Waals surface area contributed by atoms with E-state index in [9.17, 15) is 9.59 Å². The third kappa shape index (κ3) is 6.11. The number of amidine groups is 1. The zero-order valence-corrected chi connectivity index (χ0v) is 23.1. The van der Waals surface area contributed by atoms with Crippen LogP contribution >= 0.6 is 11.8 Å². The fourth-order valence-corrected chi connectivity index (χ4v) is 5.50. The molecule has 0 unspecified atom stereocenters. The van der Waals surface area contributed by atoms with Crippen molar-refractivity contribution in [3.8, 4) is 11.5 Å². The average molecular weight is 535 g/mol. The summed E-state index contributed by atoms with van der Waals surface area (Å²) < 4.78 is 11.2. The number of hydrogen-bond acceptors (Lipinski definition) is 7. The van der Waals surface area contributed by atoms with Crippen molar-refractivity contribution in [2.24, 2.45) is 4.99 Å². The second kappa shape index (κ2) is 12.8. The summed E-state index contributed by atoms with van der Waals surface area (Å²) in [7, 11) is 1.60. The lowest BCUT2D eigenvalue weighted by molar-refractivity contribution is -0.127. The highest BCUT2D eigenvalue weighted by atomic mass is 32.2. The number of rotatable bonds is 11. The molecule has 0 saturated heterocycles. The Hall–Kier alpha value is -3.56. The Kier molecular flexibility index (Phi) is 9.25. The number of nitrogens with zero attached hydrogens (tertiary/aromatic N) is 3. The molecule has 4 rings (SSSR count). The predicted molar refractivity (Wildman–Crippen MR) is 151 cm³/mol. The van der Waals surface area contributed by atoms with Crippen LogP contribution in [0.2, 0.25) is 0 Å². The van der Waals surface area contributed by atoms with Crippen LogP contribution in [0.5, 0.6) is 11.5 Å². The van der Waals surface area contributed by atoms with Crippen LogP contribution in [-0.4, -0.2) is 60.1 Å². The van der Waals surface area contributed by atoms with E-state index >= 15 is 0 Å². The van der Waals surface area contributed by atoms with Gasteiger partial charge in [-0.1, -0.05) is 42.1 Å². The van der Waals surface area contributed by atoms with Crippen LogP contribution in [0.15, 0.2) is 82.0 Å². The van der Waals surface area contributed by atoms with Crippen molar-refractivity contribution in [3.63, 3.8) is 0 Å². The lowest BCUT2D eigenvalue weighted by Gasteiger charge is -2.38. The number of aliphatic imine (C=N–C) groups is 1. The summed E-state index contributed by atoms with van der Waals surface area (Å²) in [6.07, 6.45) is 0.165. The first-order valence-electron chi connectivity index (χ1n) is 12.8. The smallest absolute Gasteiger partial charge is 0.254 e. The van der Waals surface area contributed by atoms with Crippen molar-refractivity contribution < 1.29 is 19.1 Å². The lowest BCUT2D eigenvalue weighted by atomic mass is 9.92. The normalized spacial score (nSPS) is 16.5. The van der Waals surface area contributed by atoms with E-state index in [0.29, 0.717) is 43.3 Å². The van der Waals surface area contributed by atoms with E-state index in [2.05, 4.69) is 5.32 Å². The van der Waals surface area contributed by atoms with Gasteiger partial charge in [0.25, 0.3) is 5.91 Å². The maximum absolute atomic E-state index is 13.8. The number of ether oxygens (including phenoxy) is 2. The number of hydrogen-bond donors (Lipinski definition) is 1. The van der Waals surface area contributed by atoms with Crippen molar-refractivity contribution in [1.29, 1.82) is 0 Å². The van der Waals surface area contributed by atoms with Gasteiger partial charge in [-0.05, 0) is 56.0 Å². The molecule has 2 amide bonds. The standard InChI is InChI=1S/C29H34N4O4S/c1-5-32(6-2)28(35)26-20(3)31-29-33(22(19-38-29)18-25(34)30-15-16-36-4)27(26)21-11-10-14-24(17-21)37-23-12-8-7-9-13-23/h7-14,17,19,27H,5-6,15-16,18H2,1-4H3,(H,30,34)/t27-/m0/s1. The Morgan fingerprint density at radius 1 is 1.08 bits per heavy atom. The largest absolute Gasteiger partial charge is 0.457 e. The van der Waals surface area contributed by atoms with Gasteiger partial charge in [0.15, 0.2) is 5.17 Å². The molecule has 0 spiro atoms. The number of thioether (sulfide) groups is 1.